The molecule has 0 unspecified atom stereocenters. The molecular formula is C15H24BrN3. The number of nitrogens with zero attached hydrogens (tertiary/aromatic N) is 2. The fourth-order valence-electron chi connectivity index (χ4n) is 3.14. The summed E-state index contributed by atoms with van der Waals surface area (Å²) in [6, 6.07) is 0. The van der Waals surface area contributed by atoms with E-state index in [1.165, 1.54) is 48.1 Å². The third kappa shape index (κ3) is 3.05. The first kappa shape index (κ1) is 13.6. The lowest BCUT2D eigenvalue weighted by molar-refractivity contribution is 0.376. The van der Waals surface area contributed by atoms with Crippen LogP contribution in [-0.4, -0.2) is 16.3 Å². The van der Waals surface area contributed by atoms with Crippen molar-refractivity contribution in [3.63, 3.8) is 0 Å². The van der Waals surface area contributed by atoms with E-state index in [2.05, 4.69) is 33.3 Å². The molecule has 1 heterocycles. The largest absolute Gasteiger partial charge is 0.311 e. The summed E-state index contributed by atoms with van der Waals surface area (Å²) >= 11 is 3.69. The summed E-state index contributed by atoms with van der Waals surface area (Å²) < 4.78 is 3.21. The maximum atomic E-state index is 4.55. The van der Waals surface area contributed by atoms with Gasteiger partial charge in [-0.2, -0.15) is 5.10 Å². The highest BCUT2D eigenvalue weighted by Crippen LogP contribution is 2.48. The van der Waals surface area contributed by atoms with Crippen molar-refractivity contribution in [3.8, 4) is 0 Å². The normalized spacial score (nSPS) is 19.4. The molecule has 2 aliphatic carbocycles. The van der Waals surface area contributed by atoms with Gasteiger partial charge in [0.15, 0.2) is 0 Å². The summed E-state index contributed by atoms with van der Waals surface area (Å²) in [5.74, 6) is 3.00. The smallest absolute Gasteiger partial charge is 0.0767 e. The first-order valence-corrected chi connectivity index (χ1v) is 8.41. The SMILES string of the molecule is CCc1nn(C)c(CNCC(C2CC2)C2CC2)c1Br. The Labute approximate surface area is 124 Å². The van der Waals surface area contributed by atoms with Crippen molar-refractivity contribution in [2.75, 3.05) is 6.54 Å². The highest BCUT2D eigenvalue weighted by atomic mass is 79.9. The molecule has 0 bridgehead atoms. The minimum atomic E-state index is 0.931. The first-order chi connectivity index (χ1) is 9.20. The Morgan fingerprint density at radius 1 is 1.32 bits per heavy atom. The van der Waals surface area contributed by atoms with Gasteiger partial charge in [0.25, 0.3) is 0 Å². The van der Waals surface area contributed by atoms with Crippen molar-refractivity contribution < 1.29 is 0 Å². The third-order valence-electron chi connectivity index (χ3n) is 4.63. The van der Waals surface area contributed by atoms with E-state index in [0.29, 0.717) is 0 Å². The molecule has 1 N–H and O–H groups in total. The van der Waals surface area contributed by atoms with E-state index in [-0.39, 0.29) is 0 Å². The predicted molar refractivity (Wildman–Crippen MR) is 80.9 cm³/mol. The van der Waals surface area contributed by atoms with E-state index >= 15 is 0 Å². The lowest BCUT2D eigenvalue weighted by Gasteiger charge is -2.16. The molecule has 0 amide bonds. The first-order valence-electron chi connectivity index (χ1n) is 7.61. The van der Waals surface area contributed by atoms with Crippen LogP contribution in [-0.2, 0) is 20.0 Å². The van der Waals surface area contributed by atoms with Gasteiger partial charge in [-0.3, -0.25) is 4.68 Å². The second kappa shape index (κ2) is 5.57. The third-order valence-corrected chi connectivity index (χ3v) is 5.55. The minimum absolute atomic E-state index is 0.931. The van der Waals surface area contributed by atoms with Crippen LogP contribution < -0.4 is 5.32 Å². The van der Waals surface area contributed by atoms with Crippen LogP contribution in [0.3, 0.4) is 0 Å². The molecule has 4 heteroatoms. The maximum absolute atomic E-state index is 4.55. The van der Waals surface area contributed by atoms with Crippen molar-refractivity contribution in [1.29, 1.82) is 0 Å². The average molecular weight is 326 g/mol. The summed E-state index contributed by atoms with van der Waals surface area (Å²) in [7, 11) is 2.04. The van der Waals surface area contributed by atoms with Crippen molar-refractivity contribution in [3.05, 3.63) is 15.9 Å². The monoisotopic (exact) mass is 325 g/mol. The average Bonchev–Trinajstić information content (AvgIpc) is 3.26. The van der Waals surface area contributed by atoms with Gasteiger partial charge in [-0.15, -0.1) is 0 Å². The molecule has 0 radical (unpaired) electrons. The van der Waals surface area contributed by atoms with Gasteiger partial charge in [-0.1, -0.05) is 6.92 Å². The van der Waals surface area contributed by atoms with Gasteiger partial charge in [0.2, 0.25) is 0 Å². The van der Waals surface area contributed by atoms with E-state index < -0.39 is 0 Å². The van der Waals surface area contributed by atoms with Gasteiger partial charge < -0.3 is 5.32 Å². The highest BCUT2D eigenvalue weighted by molar-refractivity contribution is 9.10. The lowest BCUT2D eigenvalue weighted by Crippen LogP contribution is -2.26. The second-order valence-electron chi connectivity index (χ2n) is 6.15. The molecule has 0 atom stereocenters. The molecule has 1 aromatic rings. The van der Waals surface area contributed by atoms with Crippen LogP contribution in [0.4, 0.5) is 0 Å². The van der Waals surface area contributed by atoms with Crippen LogP contribution in [0.5, 0.6) is 0 Å². The zero-order valence-electron chi connectivity index (χ0n) is 12.0. The molecule has 19 heavy (non-hydrogen) atoms. The highest BCUT2D eigenvalue weighted by Gasteiger charge is 2.40. The maximum Gasteiger partial charge on any atom is 0.0767 e. The zero-order chi connectivity index (χ0) is 13.4. The van der Waals surface area contributed by atoms with Gasteiger partial charge in [0, 0.05) is 13.6 Å². The Morgan fingerprint density at radius 2 is 1.95 bits per heavy atom. The second-order valence-corrected chi connectivity index (χ2v) is 6.95. The molecule has 0 aliphatic heterocycles. The number of rotatable bonds is 7. The quantitative estimate of drug-likeness (QED) is 0.833. The van der Waals surface area contributed by atoms with Crippen LogP contribution >= 0.6 is 15.9 Å². The molecule has 2 fully saturated rings. The molecule has 0 aromatic carbocycles. The number of hydrogen-bond donors (Lipinski definition) is 1. The van der Waals surface area contributed by atoms with Crippen molar-refractivity contribution >= 4 is 15.9 Å². The van der Waals surface area contributed by atoms with Crippen LogP contribution in [0.2, 0.25) is 0 Å². The van der Waals surface area contributed by atoms with Crippen LogP contribution in [0.25, 0.3) is 0 Å². The van der Waals surface area contributed by atoms with Gasteiger partial charge in [0.05, 0.1) is 15.9 Å². The zero-order valence-corrected chi connectivity index (χ0v) is 13.5. The molecule has 3 rings (SSSR count). The lowest BCUT2D eigenvalue weighted by atomic mass is 9.98. The number of halogens is 1. The summed E-state index contributed by atoms with van der Waals surface area (Å²) in [6.45, 7) is 4.27. The molecule has 2 aliphatic rings. The Morgan fingerprint density at radius 3 is 2.42 bits per heavy atom. The molecule has 3 nitrogen and oxygen atoms in total. The minimum Gasteiger partial charge on any atom is -0.311 e. The molecule has 2 saturated carbocycles. The molecule has 1 aromatic heterocycles. The Bertz CT molecular complexity index is 434. The van der Waals surface area contributed by atoms with Gasteiger partial charge in [0.1, 0.15) is 0 Å². The van der Waals surface area contributed by atoms with Crippen LogP contribution in [0, 0.1) is 17.8 Å². The number of hydrogen-bond acceptors (Lipinski definition) is 2. The summed E-state index contributed by atoms with van der Waals surface area (Å²) in [4.78, 5) is 0. The Kier molecular flexibility index (Phi) is 3.99. The van der Waals surface area contributed by atoms with Gasteiger partial charge in [-0.25, -0.2) is 0 Å². The molecule has 106 valence electrons. The van der Waals surface area contributed by atoms with Crippen molar-refractivity contribution in [2.24, 2.45) is 24.8 Å². The van der Waals surface area contributed by atoms with E-state index in [0.717, 1.165) is 30.7 Å². The topological polar surface area (TPSA) is 29.9 Å². The van der Waals surface area contributed by atoms with Crippen molar-refractivity contribution in [2.45, 2.75) is 45.6 Å². The van der Waals surface area contributed by atoms with Gasteiger partial charge in [-0.05, 0) is 72.3 Å². The summed E-state index contributed by atoms with van der Waals surface area (Å²) in [5.41, 5.74) is 2.45. The standard InChI is InChI=1S/C15H24BrN3/c1-3-13-15(16)14(19(2)18-13)9-17-8-12(10-4-5-10)11-6-7-11/h10-12,17H,3-9H2,1-2H3. The molecule has 0 saturated heterocycles. The molecule has 0 spiro atoms. The van der Waals surface area contributed by atoms with E-state index in [9.17, 15) is 0 Å². The van der Waals surface area contributed by atoms with E-state index in [1.807, 2.05) is 11.7 Å². The van der Waals surface area contributed by atoms with Crippen molar-refractivity contribution in [1.82, 2.24) is 15.1 Å². The van der Waals surface area contributed by atoms with Gasteiger partial charge >= 0.3 is 0 Å². The van der Waals surface area contributed by atoms with E-state index in [1.54, 1.807) is 0 Å². The number of aromatic nitrogens is 2. The summed E-state index contributed by atoms with van der Waals surface area (Å²) in [6.07, 6.45) is 6.87. The predicted octanol–water partition coefficient (Wildman–Crippen LogP) is 3.27. The fourth-order valence-corrected chi connectivity index (χ4v) is 3.89. The van der Waals surface area contributed by atoms with E-state index in [4.69, 9.17) is 0 Å². The number of nitrogens with one attached hydrogen (secondary N) is 1. The molecular weight excluding hydrogens is 302 g/mol. The van der Waals surface area contributed by atoms with Crippen LogP contribution in [0.15, 0.2) is 4.47 Å². The Hall–Kier alpha value is -0.350. The Balaban J connectivity index is 1.55. The summed E-state index contributed by atoms with van der Waals surface area (Å²) in [5, 5.41) is 8.22. The number of aryl methyl sites for hydroxylation is 2. The van der Waals surface area contributed by atoms with Crippen LogP contribution in [0.1, 0.15) is 44.0 Å². The fraction of sp³-hybridized carbons (Fsp3) is 0.800.